The van der Waals surface area contributed by atoms with Crippen molar-refractivity contribution in [1.82, 2.24) is 19.7 Å². The predicted molar refractivity (Wildman–Crippen MR) is 119 cm³/mol. The van der Waals surface area contributed by atoms with E-state index in [0.717, 1.165) is 5.56 Å². The summed E-state index contributed by atoms with van der Waals surface area (Å²) in [5.41, 5.74) is 1.85. The molecule has 1 aliphatic heterocycles. The van der Waals surface area contributed by atoms with Crippen LogP contribution in [0, 0.1) is 26.7 Å². The van der Waals surface area contributed by atoms with Gasteiger partial charge in [0.2, 0.25) is 15.9 Å². The minimum Gasteiger partial charge on any atom is -0.360 e. The number of amides is 2. The molecule has 9 nitrogen and oxygen atoms in total. The fourth-order valence-electron chi connectivity index (χ4n) is 3.76. The van der Waals surface area contributed by atoms with Crippen molar-refractivity contribution in [1.29, 1.82) is 0 Å². The first kappa shape index (κ1) is 23.9. The fraction of sp³-hybridized carbons (Fsp3) is 0.500. The number of rotatable bonds is 6. The van der Waals surface area contributed by atoms with E-state index >= 15 is 0 Å². The maximum absolute atomic E-state index is 13.2. The number of hydrogen-bond donors (Lipinski definition) is 1. The van der Waals surface area contributed by atoms with Crippen molar-refractivity contribution in [2.45, 2.75) is 45.6 Å². The summed E-state index contributed by atoms with van der Waals surface area (Å²) in [7, 11) is -3.75. The maximum Gasteiger partial charge on any atom is 0.251 e. The molecule has 2 amide bonds. The van der Waals surface area contributed by atoms with Crippen molar-refractivity contribution in [3.05, 3.63) is 46.8 Å². The highest BCUT2D eigenvalue weighted by molar-refractivity contribution is 7.89. The van der Waals surface area contributed by atoms with Gasteiger partial charge in [-0.05, 0) is 38.8 Å². The van der Waals surface area contributed by atoms with E-state index in [0.29, 0.717) is 11.3 Å². The van der Waals surface area contributed by atoms with Gasteiger partial charge in [0.15, 0.2) is 5.76 Å². The number of hydrogen-bond acceptors (Lipinski definition) is 6. The van der Waals surface area contributed by atoms with Crippen LogP contribution in [-0.2, 0) is 14.8 Å². The van der Waals surface area contributed by atoms with Crippen LogP contribution in [0.1, 0.15) is 41.2 Å². The number of aryl methyl sites for hydroxylation is 3. The zero-order valence-corrected chi connectivity index (χ0v) is 19.9. The summed E-state index contributed by atoms with van der Waals surface area (Å²) in [5, 5.41) is 6.58. The van der Waals surface area contributed by atoms with Crippen LogP contribution in [0.15, 0.2) is 33.7 Å². The molecule has 1 aromatic heterocycles. The van der Waals surface area contributed by atoms with Crippen LogP contribution >= 0.6 is 0 Å². The number of nitrogens with one attached hydrogen (secondary N) is 1. The summed E-state index contributed by atoms with van der Waals surface area (Å²) in [6, 6.07) is 6.45. The van der Waals surface area contributed by atoms with E-state index in [9.17, 15) is 18.0 Å². The minimum absolute atomic E-state index is 0.0858. The van der Waals surface area contributed by atoms with Crippen molar-refractivity contribution >= 4 is 21.8 Å². The van der Waals surface area contributed by atoms with E-state index in [-0.39, 0.29) is 54.6 Å². The minimum atomic E-state index is -3.75. The van der Waals surface area contributed by atoms with Crippen molar-refractivity contribution in [3.63, 3.8) is 0 Å². The second kappa shape index (κ2) is 9.41. The predicted octanol–water partition coefficient (Wildman–Crippen LogP) is 1.89. The zero-order valence-electron chi connectivity index (χ0n) is 19.1. The smallest absolute Gasteiger partial charge is 0.251 e. The zero-order chi connectivity index (χ0) is 23.6. The number of carbonyl (C=O) groups is 2. The Balaban J connectivity index is 1.67. The molecule has 1 aromatic carbocycles. The molecule has 2 heterocycles. The van der Waals surface area contributed by atoms with Gasteiger partial charge in [-0.15, -0.1) is 0 Å². The molecule has 0 spiro atoms. The summed E-state index contributed by atoms with van der Waals surface area (Å²) in [4.78, 5) is 27.5. The van der Waals surface area contributed by atoms with Gasteiger partial charge in [-0.2, -0.15) is 4.31 Å². The maximum atomic E-state index is 13.2. The Morgan fingerprint density at radius 3 is 2.12 bits per heavy atom. The molecule has 1 aliphatic rings. The lowest BCUT2D eigenvalue weighted by atomic mass is 10.0. The first-order valence-electron chi connectivity index (χ1n) is 10.6. The highest BCUT2D eigenvalue weighted by Gasteiger charge is 2.36. The largest absolute Gasteiger partial charge is 0.360 e. The lowest BCUT2D eigenvalue weighted by Gasteiger charge is -2.36. The van der Waals surface area contributed by atoms with Gasteiger partial charge >= 0.3 is 0 Å². The normalized spacial score (nSPS) is 16.2. The third-order valence-electron chi connectivity index (χ3n) is 5.65. The molecule has 1 saturated heterocycles. The average Bonchev–Trinajstić information content (AvgIpc) is 3.10. The molecule has 1 fully saturated rings. The van der Waals surface area contributed by atoms with E-state index in [2.05, 4.69) is 10.5 Å². The monoisotopic (exact) mass is 462 g/mol. The molecular weight excluding hydrogens is 432 g/mol. The third kappa shape index (κ3) is 4.86. The second-order valence-electron chi connectivity index (χ2n) is 8.44. The van der Waals surface area contributed by atoms with E-state index < -0.39 is 16.1 Å². The molecule has 174 valence electrons. The fourth-order valence-corrected chi connectivity index (χ4v) is 5.47. The topological polar surface area (TPSA) is 113 Å². The molecule has 0 radical (unpaired) electrons. The van der Waals surface area contributed by atoms with Crippen LogP contribution in [0.3, 0.4) is 0 Å². The molecule has 0 bridgehead atoms. The number of piperazine rings is 1. The SMILES string of the molecule is Cc1ccc(C(=O)N[C@H](C(=O)N2CCN(S(=O)(=O)c3c(C)noc3C)CC2)C(C)C)cc1. The Morgan fingerprint density at radius 2 is 1.62 bits per heavy atom. The molecule has 1 atom stereocenters. The Bertz CT molecular complexity index is 1060. The van der Waals surface area contributed by atoms with Crippen molar-refractivity contribution < 1.29 is 22.5 Å². The van der Waals surface area contributed by atoms with E-state index in [1.165, 1.54) is 4.31 Å². The first-order chi connectivity index (χ1) is 15.0. The molecule has 0 aliphatic carbocycles. The number of benzene rings is 1. The van der Waals surface area contributed by atoms with Gasteiger partial charge in [0.05, 0.1) is 0 Å². The summed E-state index contributed by atoms with van der Waals surface area (Å²) >= 11 is 0. The highest BCUT2D eigenvalue weighted by Crippen LogP contribution is 2.24. The summed E-state index contributed by atoms with van der Waals surface area (Å²) < 4.78 is 32.4. The second-order valence-corrected chi connectivity index (χ2v) is 10.3. The average molecular weight is 463 g/mol. The molecule has 2 aromatic rings. The molecule has 32 heavy (non-hydrogen) atoms. The number of sulfonamides is 1. The van der Waals surface area contributed by atoms with Crippen molar-refractivity contribution in [2.24, 2.45) is 5.92 Å². The molecular formula is C22H30N4O5S. The van der Waals surface area contributed by atoms with Gasteiger partial charge in [0.1, 0.15) is 16.6 Å². The van der Waals surface area contributed by atoms with Crippen molar-refractivity contribution in [3.8, 4) is 0 Å². The highest BCUT2D eigenvalue weighted by atomic mass is 32.2. The molecule has 1 N–H and O–H groups in total. The lowest BCUT2D eigenvalue weighted by molar-refractivity contribution is -0.135. The quantitative estimate of drug-likeness (QED) is 0.701. The van der Waals surface area contributed by atoms with Crippen LogP contribution < -0.4 is 5.32 Å². The van der Waals surface area contributed by atoms with E-state index in [1.54, 1.807) is 30.9 Å². The van der Waals surface area contributed by atoms with Gasteiger partial charge in [0, 0.05) is 31.7 Å². The molecule has 3 rings (SSSR count). The van der Waals surface area contributed by atoms with Crippen molar-refractivity contribution in [2.75, 3.05) is 26.2 Å². The van der Waals surface area contributed by atoms with Gasteiger partial charge in [0.25, 0.3) is 5.91 Å². The van der Waals surface area contributed by atoms with Crippen LogP contribution in [0.5, 0.6) is 0 Å². The van der Waals surface area contributed by atoms with E-state index in [1.807, 2.05) is 32.9 Å². The van der Waals surface area contributed by atoms with Gasteiger partial charge in [-0.25, -0.2) is 8.42 Å². The molecule has 0 unspecified atom stereocenters. The third-order valence-corrected chi connectivity index (χ3v) is 7.79. The van der Waals surface area contributed by atoms with Crippen LogP contribution in [0.4, 0.5) is 0 Å². The summed E-state index contributed by atoms with van der Waals surface area (Å²) in [6.07, 6.45) is 0. The van der Waals surface area contributed by atoms with Crippen LogP contribution in [0.25, 0.3) is 0 Å². The number of nitrogens with zero attached hydrogens (tertiary/aromatic N) is 3. The van der Waals surface area contributed by atoms with Crippen LogP contribution in [0.2, 0.25) is 0 Å². The molecule has 10 heteroatoms. The van der Waals surface area contributed by atoms with Gasteiger partial charge in [-0.3, -0.25) is 9.59 Å². The van der Waals surface area contributed by atoms with Crippen LogP contribution in [-0.4, -0.2) is 66.8 Å². The summed E-state index contributed by atoms with van der Waals surface area (Å²) in [6.45, 7) is 9.64. The Hall–Kier alpha value is -2.72. The Kier molecular flexibility index (Phi) is 7.04. The van der Waals surface area contributed by atoms with E-state index in [4.69, 9.17) is 4.52 Å². The number of carbonyl (C=O) groups excluding carboxylic acids is 2. The molecule has 0 saturated carbocycles. The first-order valence-corrected chi connectivity index (χ1v) is 12.1. The van der Waals surface area contributed by atoms with Gasteiger partial charge in [-0.1, -0.05) is 36.7 Å². The Labute approximate surface area is 188 Å². The summed E-state index contributed by atoms with van der Waals surface area (Å²) in [5.74, 6) is -0.396. The lowest BCUT2D eigenvalue weighted by Crippen LogP contribution is -2.57. The standard InChI is InChI=1S/C22H30N4O5S/c1-14(2)19(23-21(27)18-8-6-15(3)7-9-18)22(28)25-10-12-26(13-11-25)32(29,30)20-16(4)24-31-17(20)5/h6-9,14,19H,10-13H2,1-5H3,(H,23,27)/t19-/m0/s1. The number of aromatic nitrogens is 1. The van der Waals surface area contributed by atoms with Gasteiger partial charge < -0.3 is 14.7 Å². The Morgan fingerprint density at radius 1 is 1.03 bits per heavy atom.